The third kappa shape index (κ3) is 5.14. The van der Waals surface area contributed by atoms with Crippen LogP contribution in [0.2, 0.25) is 5.02 Å². The molecule has 0 saturated carbocycles. The van der Waals surface area contributed by atoms with Crippen LogP contribution in [0.1, 0.15) is 21.5 Å². The van der Waals surface area contributed by atoms with Gasteiger partial charge < -0.3 is 20.4 Å². The summed E-state index contributed by atoms with van der Waals surface area (Å²) in [5.41, 5.74) is 4.95. The van der Waals surface area contributed by atoms with Gasteiger partial charge in [0.2, 0.25) is 0 Å². The van der Waals surface area contributed by atoms with Crippen molar-refractivity contribution < 1.29 is 9.59 Å². The molecular formula is C27H27ClN4O2. The van der Waals surface area contributed by atoms with Crippen LogP contribution in [-0.4, -0.2) is 55.8 Å². The van der Waals surface area contributed by atoms with Crippen molar-refractivity contribution in [3.05, 3.63) is 94.5 Å². The maximum Gasteiger partial charge on any atom is 0.258 e. The van der Waals surface area contributed by atoms with E-state index in [1.165, 1.54) is 0 Å². The standard InChI is InChI=1S/C27H27ClN4O2/c1-31(2)15-16-32(3)27(34)19-9-12-21(13-10-19)29-25(18-7-5-4-6-8-18)24-22-14-11-20(28)17-23(22)30-26(24)33/h4-14,17,29H,15-16H2,1-3H3,(H,30,33)/b25-24-. The van der Waals surface area contributed by atoms with Crippen molar-refractivity contribution >= 4 is 46.1 Å². The SMILES string of the molecule is CN(C)CCN(C)C(=O)c1ccc(N/C(=C2\C(=O)Nc3cc(Cl)ccc32)c2ccccc2)cc1. The zero-order chi connectivity index (χ0) is 24.2. The molecule has 6 nitrogen and oxygen atoms in total. The van der Waals surface area contributed by atoms with Crippen LogP contribution in [0.3, 0.4) is 0 Å². The van der Waals surface area contributed by atoms with Crippen molar-refractivity contribution in [1.82, 2.24) is 9.80 Å². The quantitative estimate of drug-likeness (QED) is 0.478. The minimum absolute atomic E-state index is 0.0315. The van der Waals surface area contributed by atoms with Gasteiger partial charge in [0.05, 0.1) is 17.0 Å². The lowest BCUT2D eigenvalue weighted by atomic mass is 10.00. The zero-order valence-electron chi connectivity index (χ0n) is 19.4. The molecule has 0 spiro atoms. The van der Waals surface area contributed by atoms with Crippen LogP contribution in [0.4, 0.5) is 11.4 Å². The Morgan fingerprint density at radius 2 is 1.62 bits per heavy atom. The number of carbonyl (C=O) groups excluding carboxylic acids is 2. The Morgan fingerprint density at radius 1 is 0.912 bits per heavy atom. The third-order valence-corrected chi connectivity index (χ3v) is 5.90. The number of nitrogens with one attached hydrogen (secondary N) is 2. The first kappa shape index (κ1) is 23.5. The fourth-order valence-corrected chi connectivity index (χ4v) is 3.96. The Kier molecular flexibility index (Phi) is 7.01. The van der Waals surface area contributed by atoms with Gasteiger partial charge in [0, 0.05) is 42.0 Å². The van der Waals surface area contributed by atoms with Crippen molar-refractivity contribution in [3.8, 4) is 0 Å². The molecule has 0 saturated heterocycles. The van der Waals surface area contributed by atoms with E-state index in [1.54, 1.807) is 36.2 Å². The number of likely N-dealkylation sites (N-methyl/N-ethyl adjacent to an activating group) is 2. The molecular weight excluding hydrogens is 448 g/mol. The average Bonchev–Trinajstić information content (AvgIpc) is 3.15. The highest BCUT2D eigenvalue weighted by molar-refractivity contribution is 6.38. The predicted octanol–water partition coefficient (Wildman–Crippen LogP) is 4.91. The second kappa shape index (κ2) is 10.1. The molecule has 3 aromatic carbocycles. The Hall–Kier alpha value is -3.61. The summed E-state index contributed by atoms with van der Waals surface area (Å²) in [6, 6.07) is 22.4. The van der Waals surface area contributed by atoms with Crippen LogP contribution in [0.5, 0.6) is 0 Å². The third-order valence-electron chi connectivity index (χ3n) is 5.67. The van der Waals surface area contributed by atoms with Crippen molar-refractivity contribution in [3.63, 3.8) is 0 Å². The molecule has 0 radical (unpaired) electrons. The van der Waals surface area contributed by atoms with Gasteiger partial charge in [-0.1, -0.05) is 48.0 Å². The largest absolute Gasteiger partial charge is 0.354 e. The number of amides is 2. The first-order chi connectivity index (χ1) is 16.3. The number of hydrogen-bond donors (Lipinski definition) is 2. The van der Waals surface area contributed by atoms with Gasteiger partial charge in [-0.05, 0) is 56.1 Å². The van der Waals surface area contributed by atoms with Crippen molar-refractivity contribution in [2.75, 3.05) is 44.9 Å². The number of carbonyl (C=O) groups is 2. The van der Waals surface area contributed by atoms with Gasteiger partial charge in [-0.25, -0.2) is 0 Å². The number of anilines is 2. The summed E-state index contributed by atoms with van der Waals surface area (Å²) in [6.07, 6.45) is 0. The number of rotatable bonds is 7. The number of hydrogen-bond acceptors (Lipinski definition) is 4. The van der Waals surface area contributed by atoms with Gasteiger partial charge in [-0.15, -0.1) is 0 Å². The molecule has 0 aliphatic carbocycles. The molecule has 3 aromatic rings. The molecule has 0 aromatic heterocycles. The first-order valence-corrected chi connectivity index (χ1v) is 11.4. The Balaban J connectivity index is 1.65. The number of halogens is 1. The summed E-state index contributed by atoms with van der Waals surface area (Å²) in [7, 11) is 5.77. The highest BCUT2D eigenvalue weighted by Crippen LogP contribution is 2.38. The van der Waals surface area contributed by atoms with Gasteiger partial charge in [0.25, 0.3) is 11.8 Å². The number of fused-ring (bicyclic) bond motifs is 1. The van der Waals surface area contributed by atoms with Gasteiger partial charge in [-0.2, -0.15) is 0 Å². The first-order valence-electron chi connectivity index (χ1n) is 11.0. The summed E-state index contributed by atoms with van der Waals surface area (Å²) in [4.78, 5) is 29.5. The van der Waals surface area contributed by atoms with Crippen LogP contribution >= 0.6 is 11.6 Å². The lowest BCUT2D eigenvalue weighted by Gasteiger charge is -2.20. The molecule has 1 aliphatic rings. The maximum absolute atomic E-state index is 13.0. The summed E-state index contributed by atoms with van der Waals surface area (Å²) in [5, 5.41) is 6.88. The predicted molar refractivity (Wildman–Crippen MR) is 139 cm³/mol. The molecule has 174 valence electrons. The number of nitrogens with zero attached hydrogens (tertiary/aromatic N) is 2. The van der Waals surface area contributed by atoms with E-state index in [9.17, 15) is 9.59 Å². The smallest absolute Gasteiger partial charge is 0.258 e. The summed E-state index contributed by atoms with van der Waals surface area (Å²) >= 11 is 6.13. The zero-order valence-corrected chi connectivity index (χ0v) is 20.2. The molecule has 2 amide bonds. The van der Waals surface area contributed by atoms with Gasteiger partial charge in [0.15, 0.2) is 0 Å². The van der Waals surface area contributed by atoms with E-state index in [4.69, 9.17) is 11.6 Å². The van der Waals surface area contributed by atoms with E-state index in [0.717, 1.165) is 23.4 Å². The average molecular weight is 475 g/mol. The van der Waals surface area contributed by atoms with Gasteiger partial charge >= 0.3 is 0 Å². The Morgan fingerprint density at radius 3 is 2.29 bits per heavy atom. The van der Waals surface area contributed by atoms with E-state index >= 15 is 0 Å². The van der Waals surface area contributed by atoms with E-state index in [-0.39, 0.29) is 11.8 Å². The molecule has 1 heterocycles. The lowest BCUT2D eigenvalue weighted by Crippen LogP contribution is -2.33. The summed E-state index contributed by atoms with van der Waals surface area (Å²) in [5.74, 6) is -0.228. The van der Waals surface area contributed by atoms with Crippen molar-refractivity contribution in [2.24, 2.45) is 0 Å². The van der Waals surface area contributed by atoms with Crippen molar-refractivity contribution in [1.29, 1.82) is 0 Å². The highest BCUT2D eigenvalue weighted by Gasteiger charge is 2.28. The molecule has 0 atom stereocenters. The minimum Gasteiger partial charge on any atom is -0.354 e. The second-order valence-electron chi connectivity index (χ2n) is 8.49. The van der Waals surface area contributed by atoms with Crippen molar-refractivity contribution in [2.45, 2.75) is 0 Å². The Bertz CT molecular complexity index is 1240. The molecule has 1 aliphatic heterocycles. The van der Waals surface area contributed by atoms with Crippen LogP contribution in [0, 0.1) is 0 Å². The van der Waals surface area contributed by atoms with Crippen LogP contribution in [-0.2, 0) is 4.79 Å². The van der Waals surface area contributed by atoms with Gasteiger partial charge in [-0.3, -0.25) is 9.59 Å². The monoisotopic (exact) mass is 474 g/mol. The molecule has 34 heavy (non-hydrogen) atoms. The lowest BCUT2D eigenvalue weighted by molar-refractivity contribution is -0.110. The maximum atomic E-state index is 13.0. The fraction of sp³-hybridized carbons (Fsp3) is 0.185. The summed E-state index contributed by atoms with van der Waals surface area (Å²) in [6.45, 7) is 1.44. The fourth-order valence-electron chi connectivity index (χ4n) is 3.79. The van der Waals surface area contributed by atoms with Gasteiger partial charge in [0.1, 0.15) is 0 Å². The van der Waals surface area contributed by atoms with Crippen LogP contribution < -0.4 is 10.6 Å². The summed E-state index contributed by atoms with van der Waals surface area (Å²) < 4.78 is 0. The topological polar surface area (TPSA) is 64.7 Å². The molecule has 4 rings (SSSR count). The molecule has 0 unspecified atom stereocenters. The van der Waals surface area contributed by atoms with E-state index in [1.807, 2.05) is 67.5 Å². The molecule has 2 N–H and O–H groups in total. The normalized spacial score (nSPS) is 14.0. The molecule has 7 heteroatoms. The molecule has 0 fully saturated rings. The Labute approximate surface area is 204 Å². The van der Waals surface area contributed by atoms with E-state index in [0.29, 0.717) is 34.1 Å². The minimum atomic E-state index is -0.196. The van der Waals surface area contributed by atoms with Crippen LogP contribution in [0.15, 0.2) is 72.8 Å². The highest BCUT2D eigenvalue weighted by atomic mass is 35.5. The second-order valence-corrected chi connectivity index (χ2v) is 8.93. The number of benzene rings is 3. The van der Waals surface area contributed by atoms with Crippen LogP contribution in [0.25, 0.3) is 11.3 Å². The molecule has 0 bridgehead atoms. The van der Waals surface area contributed by atoms with E-state index < -0.39 is 0 Å². The van der Waals surface area contributed by atoms with E-state index in [2.05, 4.69) is 10.6 Å².